The van der Waals surface area contributed by atoms with Gasteiger partial charge in [0.05, 0.1) is 11.9 Å². The lowest BCUT2D eigenvalue weighted by Crippen LogP contribution is -2.38. The number of nitrogens with zero attached hydrogens (tertiary/aromatic N) is 2. The van der Waals surface area contributed by atoms with Crippen LogP contribution in [0, 0.1) is 0 Å². The molecule has 6 nitrogen and oxygen atoms in total. The Morgan fingerprint density at radius 1 is 0.960 bits per heavy atom. The van der Waals surface area contributed by atoms with Crippen LogP contribution in [-0.2, 0) is 14.8 Å². The molecule has 0 aliphatic carbocycles. The van der Waals surface area contributed by atoms with Gasteiger partial charge in [-0.25, -0.2) is 8.42 Å². The minimum absolute atomic E-state index is 0.177. The standard InChI is InChI=1S/C18H22N2O4S/c1-14(18(21)19(2)15-8-6-5-7-9-15)24-17-12-10-16(11-13-17)20(3)25(4,22)23/h5-14H,1-4H3. The predicted octanol–water partition coefficient (Wildman–Crippen LogP) is 2.51. The highest BCUT2D eigenvalue weighted by Crippen LogP contribution is 2.22. The Bertz CT molecular complexity index is 820. The van der Waals surface area contributed by atoms with Crippen molar-refractivity contribution in [3.63, 3.8) is 0 Å². The van der Waals surface area contributed by atoms with Gasteiger partial charge in [0.25, 0.3) is 5.91 Å². The molecule has 134 valence electrons. The van der Waals surface area contributed by atoms with Crippen molar-refractivity contribution in [2.75, 3.05) is 29.6 Å². The van der Waals surface area contributed by atoms with Crippen molar-refractivity contribution in [2.45, 2.75) is 13.0 Å². The third-order valence-electron chi connectivity index (χ3n) is 3.83. The number of amides is 1. The molecule has 0 N–H and O–H groups in total. The van der Waals surface area contributed by atoms with Crippen molar-refractivity contribution in [3.05, 3.63) is 54.6 Å². The molecule has 1 atom stereocenters. The van der Waals surface area contributed by atoms with Crippen molar-refractivity contribution in [1.82, 2.24) is 0 Å². The monoisotopic (exact) mass is 362 g/mol. The van der Waals surface area contributed by atoms with Gasteiger partial charge in [-0.05, 0) is 43.3 Å². The van der Waals surface area contributed by atoms with Crippen LogP contribution in [0.5, 0.6) is 5.75 Å². The number of carbonyl (C=O) groups excluding carboxylic acids is 1. The summed E-state index contributed by atoms with van der Waals surface area (Å²) in [6.07, 6.45) is 0.459. The van der Waals surface area contributed by atoms with Gasteiger partial charge >= 0.3 is 0 Å². The van der Waals surface area contributed by atoms with Gasteiger partial charge in [0.2, 0.25) is 10.0 Å². The molecule has 0 saturated heterocycles. The molecule has 25 heavy (non-hydrogen) atoms. The van der Waals surface area contributed by atoms with Crippen LogP contribution in [-0.4, -0.2) is 40.8 Å². The number of sulfonamides is 1. The van der Waals surface area contributed by atoms with Gasteiger partial charge in [-0.2, -0.15) is 0 Å². The Morgan fingerprint density at radius 3 is 2.04 bits per heavy atom. The third-order valence-corrected chi connectivity index (χ3v) is 5.04. The highest BCUT2D eigenvalue weighted by molar-refractivity contribution is 7.92. The second-order valence-corrected chi connectivity index (χ2v) is 7.73. The van der Waals surface area contributed by atoms with E-state index in [1.54, 1.807) is 38.2 Å². The van der Waals surface area contributed by atoms with Crippen LogP contribution in [0.3, 0.4) is 0 Å². The molecule has 0 spiro atoms. The second kappa shape index (κ2) is 7.57. The molecule has 0 aliphatic heterocycles. The molecule has 1 amide bonds. The lowest BCUT2D eigenvalue weighted by Gasteiger charge is -2.22. The molecule has 7 heteroatoms. The zero-order valence-corrected chi connectivity index (χ0v) is 15.5. The first kappa shape index (κ1) is 18.8. The predicted molar refractivity (Wildman–Crippen MR) is 99.6 cm³/mol. The van der Waals surface area contributed by atoms with Gasteiger partial charge in [-0.3, -0.25) is 9.10 Å². The summed E-state index contributed by atoms with van der Waals surface area (Å²) in [5.74, 6) is 0.316. The highest BCUT2D eigenvalue weighted by atomic mass is 32.2. The number of anilines is 2. The molecule has 0 fully saturated rings. The molecule has 0 bridgehead atoms. The molecule has 0 heterocycles. The fraction of sp³-hybridized carbons (Fsp3) is 0.278. The lowest BCUT2D eigenvalue weighted by atomic mass is 10.2. The molecule has 0 aliphatic rings. The number of benzene rings is 2. The molecular weight excluding hydrogens is 340 g/mol. The summed E-state index contributed by atoms with van der Waals surface area (Å²) in [5.41, 5.74) is 1.31. The van der Waals surface area contributed by atoms with E-state index in [1.165, 1.54) is 16.3 Å². The Balaban J connectivity index is 2.05. The number of ether oxygens (including phenoxy) is 1. The first-order chi connectivity index (χ1) is 11.7. The number of carbonyl (C=O) groups is 1. The van der Waals surface area contributed by atoms with Crippen molar-refractivity contribution in [1.29, 1.82) is 0 Å². The van der Waals surface area contributed by atoms with E-state index in [4.69, 9.17) is 4.74 Å². The van der Waals surface area contributed by atoms with Crippen LogP contribution in [0.2, 0.25) is 0 Å². The molecule has 0 saturated carbocycles. The van der Waals surface area contributed by atoms with E-state index in [2.05, 4.69) is 0 Å². The second-order valence-electron chi connectivity index (χ2n) is 5.72. The SMILES string of the molecule is CC(Oc1ccc(N(C)S(C)(=O)=O)cc1)C(=O)N(C)c1ccccc1. The Labute approximate surface area is 148 Å². The normalized spacial score (nSPS) is 12.3. The summed E-state index contributed by atoms with van der Waals surface area (Å²) >= 11 is 0. The number of likely N-dealkylation sites (N-methyl/N-ethyl adjacent to an activating group) is 1. The summed E-state index contributed by atoms with van der Waals surface area (Å²) in [6, 6.07) is 15.9. The van der Waals surface area contributed by atoms with E-state index in [9.17, 15) is 13.2 Å². The van der Waals surface area contributed by atoms with E-state index in [0.29, 0.717) is 11.4 Å². The molecule has 0 aromatic heterocycles. The first-order valence-corrected chi connectivity index (χ1v) is 9.58. The van der Waals surface area contributed by atoms with Crippen LogP contribution >= 0.6 is 0 Å². The Morgan fingerprint density at radius 2 is 1.52 bits per heavy atom. The molecular formula is C18H22N2O4S. The van der Waals surface area contributed by atoms with Crippen LogP contribution in [0.25, 0.3) is 0 Å². The number of para-hydroxylation sites is 1. The van der Waals surface area contributed by atoms with Crippen LogP contribution < -0.4 is 13.9 Å². The summed E-state index contributed by atoms with van der Waals surface area (Å²) in [7, 11) is -0.141. The van der Waals surface area contributed by atoms with Gasteiger partial charge in [-0.1, -0.05) is 18.2 Å². The number of hydrogen-bond acceptors (Lipinski definition) is 4. The van der Waals surface area contributed by atoms with Crippen LogP contribution in [0.4, 0.5) is 11.4 Å². The van der Waals surface area contributed by atoms with Gasteiger partial charge in [0.15, 0.2) is 6.10 Å². The van der Waals surface area contributed by atoms with Gasteiger partial charge in [0, 0.05) is 19.8 Å². The summed E-state index contributed by atoms with van der Waals surface area (Å²) < 4.78 is 29.9. The van der Waals surface area contributed by atoms with Gasteiger partial charge < -0.3 is 9.64 Å². The van der Waals surface area contributed by atoms with Crippen molar-refractivity contribution >= 4 is 27.3 Å². The van der Waals surface area contributed by atoms with Gasteiger partial charge in [-0.15, -0.1) is 0 Å². The van der Waals surface area contributed by atoms with E-state index >= 15 is 0 Å². The quantitative estimate of drug-likeness (QED) is 0.792. The van der Waals surface area contributed by atoms with Crippen molar-refractivity contribution < 1.29 is 17.9 Å². The summed E-state index contributed by atoms with van der Waals surface area (Å²) in [6.45, 7) is 1.68. The molecule has 0 radical (unpaired) electrons. The topological polar surface area (TPSA) is 66.9 Å². The molecule has 2 aromatic rings. The fourth-order valence-electron chi connectivity index (χ4n) is 2.23. The third kappa shape index (κ3) is 4.73. The van der Waals surface area contributed by atoms with Crippen LogP contribution in [0.15, 0.2) is 54.6 Å². The van der Waals surface area contributed by atoms with Crippen molar-refractivity contribution in [3.8, 4) is 5.75 Å². The minimum Gasteiger partial charge on any atom is -0.481 e. The minimum atomic E-state index is -3.32. The maximum atomic E-state index is 12.5. The highest BCUT2D eigenvalue weighted by Gasteiger charge is 2.20. The van der Waals surface area contributed by atoms with E-state index in [0.717, 1.165) is 11.9 Å². The maximum Gasteiger partial charge on any atom is 0.267 e. The average Bonchev–Trinajstić information content (AvgIpc) is 2.60. The van der Waals surface area contributed by atoms with E-state index in [-0.39, 0.29) is 5.91 Å². The molecule has 2 rings (SSSR count). The summed E-state index contributed by atoms with van der Waals surface area (Å²) in [5, 5.41) is 0. The number of hydrogen-bond donors (Lipinski definition) is 0. The lowest BCUT2D eigenvalue weighted by molar-refractivity contribution is -0.124. The number of rotatable bonds is 6. The smallest absolute Gasteiger partial charge is 0.267 e. The fourth-order valence-corrected chi connectivity index (χ4v) is 2.74. The zero-order chi connectivity index (χ0) is 18.6. The Kier molecular flexibility index (Phi) is 5.69. The largest absolute Gasteiger partial charge is 0.481 e. The van der Waals surface area contributed by atoms with E-state index < -0.39 is 16.1 Å². The first-order valence-electron chi connectivity index (χ1n) is 7.73. The van der Waals surface area contributed by atoms with Crippen LogP contribution in [0.1, 0.15) is 6.92 Å². The maximum absolute atomic E-state index is 12.5. The molecule has 1 unspecified atom stereocenters. The molecule has 2 aromatic carbocycles. The Hall–Kier alpha value is -2.54. The average molecular weight is 362 g/mol. The van der Waals surface area contributed by atoms with Gasteiger partial charge in [0.1, 0.15) is 5.75 Å². The van der Waals surface area contributed by atoms with E-state index in [1.807, 2.05) is 30.3 Å². The van der Waals surface area contributed by atoms with Crippen molar-refractivity contribution in [2.24, 2.45) is 0 Å². The summed E-state index contributed by atoms with van der Waals surface area (Å²) in [4.78, 5) is 14.0. The zero-order valence-electron chi connectivity index (χ0n) is 14.7.